The molecule has 2 N–H and O–H groups in total. The smallest absolute Gasteiger partial charge is 0.251 e. The Morgan fingerprint density at radius 2 is 1.68 bits per heavy atom. The lowest BCUT2D eigenvalue weighted by Gasteiger charge is -2.29. The van der Waals surface area contributed by atoms with Crippen LogP contribution in [0, 0.1) is 0 Å². The minimum absolute atomic E-state index is 0.0730. The number of carbonyl (C=O) groups is 1. The monoisotopic (exact) mass is 302 g/mol. The van der Waals surface area contributed by atoms with Crippen molar-refractivity contribution >= 4 is 11.6 Å². The van der Waals surface area contributed by atoms with Gasteiger partial charge in [0.25, 0.3) is 5.91 Å². The Morgan fingerprint density at radius 3 is 2.36 bits per heavy atom. The number of anilines is 1. The fourth-order valence-corrected chi connectivity index (χ4v) is 3.51. The number of hydrogen-bond acceptors (Lipinski definition) is 3. The maximum atomic E-state index is 12.3. The average molecular weight is 302 g/mol. The van der Waals surface area contributed by atoms with Crippen molar-refractivity contribution in [3.05, 3.63) is 29.8 Å². The molecule has 3 rings (SSSR count). The molecule has 2 atom stereocenters. The van der Waals surface area contributed by atoms with Crippen molar-refractivity contribution in [2.75, 3.05) is 18.0 Å². The number of nitrogens with zero attached hydrogens (tertiary/aromatic N) is 1. The third-order valence-electron chi connectivity index (χ3n) is 4.90. The van der Waals surface area contributed by atoms with Crippen LogP contribution in [0.1, 0.15) is 55.3 Å². The van der Waals surface area contributed by atoms with Crippen molar-refractivity contribution in [1.82, 2.24) is 5.32 Å². The first-order valence-corrected chi connectivity index (χ1v) is 8.58. The minimum Gasteiger partial charge on any atom is -0.391 e. The minimum atomic E-state index is -0.398. The van der Waals surface area contributed by atoms with Crippen LogP contribution < -0.4 is 10.2 Å². The highest BCUT2D eigenvalue weighted by Crippen LogP contribution is 2.21. The molecule has 1 aliphatic heterocycles. The van der Waals surface area contributed by atoms with Crippen LogP contribution in [0.2, 0.25) is 0 Å². The lowest BCUT2D eigenvalue weighted by atomic mass is 9.92. The van der Waals surface area contributed by atoms with Gasteiger partial charge in [0, 0.05) is 24.3 Å². The number of rotatable bonds is 3. The van der Waals surface area contributed by atoms with Crippen LogP contribution in [0.15, 0.2) is 24.3 Å². The van der Waals surface area contributed by atoms with Crippen molar-refractivity contribution in [1.29, 1.82) is 0 Å². The number of aliphatic hydroxyl groups excluding tert-OH is 1. The zero-order valence-corrected chi connectivity index (χ0v) is 13.1. The standard InChI is InChI=1S/C18H26N2O2/c21-17-7-3-2-6-16(17)19-18(22)14-8-10-15(11-9-14)20-12-4-1-5-13-20/h8-11,16-17,21H,1-7,12-13H2,(H,19,22). The largest absolute Gasteiger partial charge is 0.391 e. The molecule has 2 aliphatic rings. The van der Waals surface area contributed by atoms with Gasteiger partial charge in [-0.15, -0.1) is 0 Å². The average Bonchev–Trinajstić information content (AvgIpc) is 2.58. The van der Waals surface area contributed by atoms with E-state index in [0.29, 0.717) is 5.56 Å². The Bertz CT molecular complexity index is 494. The highest BCUT2D eigenvalue weighted by molar-refractivity contribution is 5.94. The topological polar surface area (TPSA) is 52.6 Å². The molecule has 0 bridgehead atoms. The van der Waals surface area contributed by atoms with E-state index in [4.69, 9.17) is 0 Å². The summed E-state index contributed by atoms with van der Waals surface area (Å²) >= 11 is 0. The van der Waals surface area contributed by atoms with Crippen molar-refractivity contribution in [3.8, 4) is 0 Å². The van der Waals surface area contributed by atoms with Gasteiger partial charge < -0.3 is 15.3 Å². The molecule has 4 heteroatoms. The van der Waals surface area contributed by atoms with E-state index in [1.54, 1.807) is 0 Å². The Kier molecular flexibility index (Phi) is 4.98. The van der Waals surface area contributed by atoms with E-state index in [-0.39, 0.29) is 11.9 Å². The first kappa shape index (κ1) is 15.3. The molecule has 1 aliphatic carbocycles. The molecule has 1 aromatic carbocycles. The highest BCUT2D eigenvalue weighted by atomic mass is 16.3. The van der Waals surface area contributed by atoms with Crippen molar-refractivity contribution < 1.29 is 9.90 Å². The predicted molar refractivity (Wildman–Crippen MR) is 88.2 cm³/mol. The van der Waals surface area contributed by atoms with Crippen LogP contribution in [0.3, 0.4) is 0 Å². The molecule has 1 saturated heterocycles. The van der Waals surface area contributed by atoms with E-state index in [1.165, 1.54) is 24.9 Å². The van der Waals surface area contributed by atoms with Gasteiger partial charge in [0.05, 0.1) is 12.1 Å². The van der Waals surface area contributed by atoms with Crippen molar-refractivity contribution in [2.24, 2.45) is 0 Å². The van der Waals surface area contributed by atoms with Gasteiger partial charge in [0.15, 0.2) is 0 Å². The van der Waals surface area contributed by atoms with Gasteiger partial charge >= 0.3 is 0 Å². The second-order valence-corrected chi connectivity index (χ2v) is 6.53. The second kappa shape index (κ2) is 7.14. The summed E-state index contributed by atoms with van der Waals surface area (Å²) in [5, 5.41) is 12.9. The third kappa shape index (κ3) is 3.61. The van der Waals surface area contributed by atoms with E-state index >= 15 is 0 Å². The summed E-state index contributed by atoms with van der Waals surface area (Å²) in [5.41, 5.74) is 1.88. The summed E-state index contributed by atoms with van der Waals surface area (Å²) in [6.07, 6.45) is 7.22. The van der Waals surface area contributed by atoms with E-state index < -0.39 is 6.10 Å². The SMILES string of the molecule is O=C(NC1CCCCC1O)c1ccc(N2CCCCC2)cc1. The molecular formula is C18H26N2O2. The molecule has 1 amide bonds. The van der Waals surface area contributed by atoms with E-state index in [2.05, 4.69) is 10.2 Å². The van der Waals surface area contributed by atoms with Gasteiger partial charge in [-0.25, -0.2) is 0 Å². The van der Waals surface area contributed by atoms with Crippen LogP contribution in [0.4, 0.5) is 5.69 Å². The molecule has 0 spiro atoms. The van der Waals surface area contributed by atoms with Crippen LogP contribution in [0.25, 0.3) is 0 Å². The van der Waals surface area contributed by atoms with Gasteiger partial charge in [-0.2, -0.15) is 0 Å². The van der Waals surface area contributed by atoms with Crippen LogP contribution in [0.5, 0.6) is 0 Å². The lowest BCUT2D eigenvalue weighted by Crippen LogP contribution is -2.45. The molecule has 22 heavy (non-hydrogen) atoms. The van der Waals surface area contributed by atoms with Crippen LogP contribution >= 0.6 is 0 Å². The fraction of sp³-hybridized carbons (Fsp3) is 0.611. The molecule has 0 aromatic heterocycles. The molecule has 2 unspecified atom stereocenters. The number of benzene rings is 1. The Morgan fingerprint density at radius 1 is 1.00 bits per heavy atom. The lowest BCUT2D eigenvalue weighted by molar-refractivity contribution is 0.0717. The van der Waals surface area contributed by atoms with Gasteiger partial charge in [-0.3, -0.25) is 4.79 Å². The van der Waals surface area contributed by atoms with E-state index in [1.807, 2.05) is 24.3 Å². The third-order valence-corrected chi connectivity index (χ3v) is 4.90. The summed E-state index contributed by atoms with van der Waals surface area (Å²) in [7, 11) is 0. The number of aliphatic hydroxyl groups is 1. The number of carbonyl (C=O) groups excluding carboxylic acids is 1. The number of nitrogens with one attached hydrogen (secondary N) is 1. The number of hydrogen-bond donors (Lipinski definition) is 2. The molecule has 1 aromatic rings. The summed E-state index contributed by atoms with van der Waals surface area (Å²) in [4.78, 5) is 14.7. The molecule has 4 nitrogen and oxygen atoms in total. The van der Waals surface area contributed by atoms with Gasteiger partial charge in [0.2, 0.25) is 0 Å². The summed E-state index contributed by atoms with van der Waals surface area (Å²) in [5.74, 6) is -0.0730. The van der Waals surface area contributed by atoms with E-state index in [9.17, 15) is 9.90 Å². The predicted octanol–water partition coefficient (Wildman–Crippen LogP) is 2.71. The first-order chi connectivity index (χ1) is 10.7. The molecular weight excluding hydrogens is 276 g/mol. The number of piperidine rings is 1. The first-order valence-electron chi connectivity index (χ1n) is 8.58. The van der Waals surface area contributed by atoms with Crippen LogP contribution in [-0.2, 0) is 0 Å². The number of amides is 1. The maximum absolute atomic E-state index is 12.3. The Balaban J connectivity index is 1.60. The molecule has 120 valence electrons. The highest BCUT2D eigenvalue weighted by Gasteiger charge is 2.24. The summed E-state index contributed by atoms with van der Waals surface area (Å²) in [6, 6.07) is 7.78. The maximum Gasteiger partial charge on any atom is 0.251 e. The van der Waals surface area contributed by atoms with Gasteiger partial charge in [0.1, 0.15) is 0 Å². The van der Waals surface area contributed by atoms with Gasteiger partial charge in [-0.1, -0.05) is 12.8 Å². The molecule has 2 fully saturated rings. The Hall–Kier alpha value is -1.55. The molecule has 1 heterocycles. The van der Waals surface area contributed by atoms with Gasteiger partial charge in [-0.05, 0) is 56.4 Å². The fourth-order valence-electron chi connectivity index (χ4n) is 3.51. The van der Waals surface area contributed by atoms with Crippen molar-refractivity contribution in [3.63, 3.8) is 0 Å². The summed E-state index contributed by atoms with van der Waals surface area (Å²) < 4.78 is 0. The van der Waals surface area contributed by atoms with Crippen LogP contribution in [-0.4, -0.2) is 36.2 Å². The van der Waals surface area contributed by atoms with Crippen molar-refractivity contribution in [2.45, 2.75) is 57.1 Å². The normalized spacial score (nSPS) is 25.8. The quantitative estimate of drug-likeness (QED) is 0.902. The van der Waals surface area contributed by atoms with E-state index in [0.717, 1.165) is 38.8 Å². The zero-order valence-electron chi connectivity index (χ0n) is 13.1. The zero-order chi connectivity index (χ0) is 15.4. The second-order valence-electron chi connectivity index (χ2n) is 6.53. The molecule has 1 saturated carbocycles. The Labute approximate surface area is 132 Å². The summed E-state index contributed by atoms with van der Waals surface area (Å²) in [6.45, 7) is 2.22. The molecule has 0 radical (unpaired) electrons.